The van der Waals surface area contributed by atoms with Crippen LogP contribution in [0.15, 0.2) is 24.3 Å². The smallest absolute Gasteiger partial charge is 0.241 e. The number of hydrogen-bond acceptors (Lipinski definition) is 3. The topological polar surface area (TPSA) is 82.0 Å². The van der Waals surface area contributed by atoms with E-state index >= 15 is 0 Å². The lowest BCUT2D eigenvalue weighted by atomic mass is 10.1. The van der Waals surface area contributed by atoms with Gasteiger partial charge in [0, 0.05) is 18.3 Å². The Labute approximate surface area is 106 Å². The minimum absolute atomic E-state index is 0.179. The second-order valence-corrected chi connectivity index (χ2v) is 3.84. The average molecular weight is 245 g/mol. The summed E-state index contributed by atoms with van der Waals surface area (Å²) in [5.41, 5.74) is 1.16. The molecule has 0 aliphatic rings. The molecule has 0 heterocycles. The van der Waals surface area contributed by atoms with E-state index in [0.29, 0.717) is 17.8 Å². The molecule has 1 aromatic carbocycles. The molecule has 1 aromatic rings. The van der Waals surface area contributed by atoms with Crippen LogP contribution < -0.4 is 10.6 Å². The maximum Gasteiger partial charge on any atom is 0.241 e. The minimum atomic E-state index is -0.658. The molecular weight excluding hydrogens is 230 g/mol. The van der Waals surface area contributed by atoms with Crippen LogP contribution in [0.25, 0.3) is 0 Å². The summed E-state index contributed by atoms with van der Waals surface area (Å²) in [6, 6.07) is 8.72. The zero-order valence-corrected chi connectivity index (χ0v) is 10.4. The van der Waals surface area contributed by atoms with Crippen LogP contribution in [0, 0.1) is 17.2 Å². The molecule has 0 radical (unpaired) electrons. The highest BCUT2D eigenvalue weighted by Crippen LogP contribution is 2.16. The van der Waals surface area contributed by atoms with Gasteiger partial charge in [0.05, 0.1) is 6.07 Å². The van der Waals surface area contributed by atoms with Crippen molar-refractivity contribution < 1.29 is 9.59 Å². The van der Waals surface area contributed by atoms with Crippen molar-refractivity contribution in [3.05, 3.63) is 24.3 Å². The lowest BCUT2D eigenvalue weighted by Crippen LogP contribution is -2.21. The molecule has 94 valence electrons. The van der Waals surface area contributed by atoms with Crippen LogP contribution in [0.4, 0.5) is 11.4 Å². The van der Waals surface area contributed by atoms with Crippen molar-refractivity contribution in [1.29, 1.82) is 5.26 Å². The number of rotatable bonds is 4. The molecule has 0 aromatic heterocycles. The molecule has 5 nitrogen and oxygen atoms in total. The third kappa shape index (κ3) is 3.91. The van der Waals surface area contributed by atoms with Crippen molar-refractivity contribution in [3.63, 3.8) is 0 Å². The van der Waals surface area contributed by atoms with E-state index in [4.69, 9.17) is 5.26 Å². The molecule has 2 N–H and O–H groups in total. The molecule has 1 unspecified atom stereocenters. The molecule has 18 heavy (non-hydrogen) atoms. The first-order valence-electron chi connectivity index (χ1n) is 5.65. The molecule has 0 spiro atoms. The Balaban J connectivity index is 2.76. The number of carbonyl (C=O) groups is 2. The van der Waals surface area contributed by atoms with E-state index in [9.17, 15) is 9.59 Å². The molecule has 0 saturated heterocycles. The van der Waals surface area contributed by atoms with Gasteiger partial charge in [-0.05, 0) is 24.6 Å². The number of nitrogens with one attached hydrogen (secondary N) is 2. The van der Waals surface area contributed by atoms with Crippen molar-refractivity contribution >= 4 is 23.2 Å². The van der Waals surface area contributed by atoms with E-state index in [1.165, 1.54) is 6.92 Å². The van der Waals surface area contributed by atoms with Gasteiger partial charge in [0.1, 0.15) is 5.92 Å². The summed E-state index contributed by atoms with van der Waals surface area (Å²) in [6.45, 7) is 3.19. The van der Waals surface area contributed by atoms with Crippen LogP contribution in [0.2, 0.25) is 0 Å². The first-order chi connectivity index (χ1) is 8.56. The van der Waals surface area contributed by atoms with Crippen molar-refractivity contribution in [2.75, 3.05) is 10.6 Å². The van der Waals surface area contributed by atoms with E-state index in [1.807, 2.05) is 6.07 Å². The summed E-state index contributed by atoms with van der Waals surface area (Å²) in [5, 5.41) is 14.0. The predicted molar refractivity (Wildman–Crippen MR) is 68.8 cm³/mol. The van der Waals surface area contributed by atoms with Gasteiger partial charge in [0.15, 0.2) is 0 Å². The summed E-state index contributed by atoms with van der Waals surface area (Å²) >= 11 is 0. The zero-order valence-electron chi connectivity index (χ0n) is 10.4. The Hall–Kier alpha value is -2.35. The third-order valence-corrected chi connectivity index (χ3v) is 2.33. The van der Waals surface area contributed by atoms with E-state index < -0.39 is 5.92 Å². The number of carbonyl (C=O) groups excluding carboxylic acids is 2. The van der Waals surface area contributed by atoms with Gasteiger partial charge < -0.3 is 10.6 Å². The van der Waals surface area contributed by atoms with Crippen molar-refractivity contribution in [3.8, 4) is 6.07 Å². The molecule has 1 rings (SSSR count). The SMILES string of the molecule is CCC(C#N)C(=O)Nc1cccc(NC(C)=O)c1. The van der Waals surface area contributed by atoms with Crippen LogP contribution in [0.1, 0.15) is 20.3 Å². The maximum absolute atomic E-state index is 11.7. The Kier molecular flexibility index (Phi) is 4.88. The first kappa shape index (κ1) is 13.7. The van der Waals surface area contributed by atoms with Crippen molar-refractivity contribution in [2.24, 2.45) is 5.92 Å². The Morgan fingerprint density at radius 3 is 2.44 bits per heavy atom. The monoisotopic (exact) mass is 245 g/mol. The maximum atomic E-state index is 11.7. The van der Waals surface area contributed by atoms with E-state index in [1.54, 1.807) is 31.2 Å². The van der Waals surface area contributed by atoms with Crippen LogP contribution in [0.3, 0.4) is 0 Å². The Bertz CT molecular complexity index is 491. The normalized spacial score (nSPS) is 11.2. The molecule has 5 heteroatoms. The van der Waals surface area contributed by atoms with E-state index in [2.05, 4.69) is 10.6 Å². The van der Waals surface area contributed by atoms with Gasteiger partial charge in [-0.25, -0.2) is 0 Å². The summed E-state index contributed by atoms with van der Waals surface area (Å²) < 4.78 is 0. The molecule has 0 saturated carbocycles. The fraction of sp³-hybridized carbons (Fsp3) is 0.308. The number of nitrogens with zero attached hydrogens (tertiary/aromatic N) is 1. The molecule has 0 bridgehead atoms. The fourth-order valence-electron chi connectivity index (χ4n) is 1.44. The van der Waals surface area contributed by atoms with Crippen LogP contribution in [-0.2, 0) is 9.59 Å². The Morgan fingerprint density at radius 2 is 1.94 bits per heavy atom. The third-order valence-electron chi connectivity index (χ3n) is 2.33. The Morgan fingerprint density at radius 1 is 1.33 bits per heavy atom. The zero-order chi connectivity index (χ0) is 13.5. The highest BCUT2D eigenvalue weighted by molar-refractivity contribution is 5.95. The molecular formula is C13H15N3O2. The molecule has 1 atom stereocenters. The quantitative estimate of drug-likeness (QED) is 0.852. The van der Waals surface area contributed by atoms with E-state index in [0.717, 1.165) is 0 Å². The summed E-state index contributed by atoms with van der Waals surface area (Å²) in [4.78, 5) is 22.6. The lowest BCUT2D eigenvalue weighted by molar-refractivity contribution is -0.118. The number of anilines is 2. The molecule has 0 fully saturated rings. The minimum Gasteiger partial charge on any atom is -0.326 e. The predicted octanol–water partition coefficient (Wildman–Crippen LogP) is 2.13. The van der Waals surface area contributed by atoms with Crippen LogP contribution in [0.5, 0.6) is 0 Å². The second-order valence-electron chi connectivity index (χ2n) is 3.84. The first-order valence-corrected chi connectivity index (χ1v) is 5.65. The van der Waals surface area contributed by atoms with Gasteiger partial charge in [-0.15, -0.1) is 0 Å². The highest BCUT2D eigenvalue weighted by Gasteiger charge is 2.15. The number of hydrogen-bond donors (Lipinski definition) is 2. The van der Waals surface area contributed by atoms with Gasteiger partial charge in [-0.1, -0.05) is 13.0 Å². The molecule has 2 amide bonds. The highest BCUT2D eigenvalue weighted by atomic mass is 16.2. The number of nitriles is 1. The van der Waals surface area contributed by atoms with Gasteiger partial charge >= 0.3 is 0 Å². The van der Waals surface area contributed by atoms with Crippen LogP contribution >= 0.6 is 0 Å². The van der Waals surface area contributed by atoms with Crippen LogP contribution in [-0.4, -0.2) is 11.8 Å². The average Bonchev–Trinajstić information content (AvgIpc) is 2.30. The standard InChI is InChI=1S/C13H15N3O2/c1-3-10(8-14)13(18)16-12-6-4-5-11(7-12)15-9(2)17/h4-7,10H,3H2,1-2H3,(H,15,17)(H,16,18). The second kappa shape index (κ2) is 6.40. The summed E-state index contributed by atoms with van der Waals surface area (Å²) in [5.74, 6) is -1.17. The summed E-state index contributed by atoms with van der Waals surface area (Å²) in [7, 11) is 0. The van der Waals surface area contributed by atoms with Gasteiger partial charge in [-0.3, -0.25) is 9.59 Å². The molecule has 0 aliphatic carbocycles. The van der Waals surface area contributed by atoms with E-state index in [-0.39, 0.29) is 11.8 Å². The largest absolute Gasteiger partial charge is 0.326 e. The molecule has 0 aliphatic heterocycles. The van der Waals surface area contributed by atoms with Gasteiger partial charge in [0.25, 0.3) is 0 Å². The number of amides is 2. The van der Waals surface area contributed by atoms with Crippen molar-refractivity contribution in [2.45, 2.75) is 20.3 Å². The van der Waals surface area contributed by atoms with Crippen molar-refractivity contribution in [1.82, 2.24) is 0 Å². The number of benzene rings is 1. The fourth-order valence-corrected chi connectivity index (χ4v) is 1.44. The van der Waals surface area contributed by atoms with Gasteiger partial charge in [0.2, 0.25) is 11.8 Å². The summed E-state index contributed by atoms with van der Waals surface area (Å²) in [6.07, 6.45) is 0.466. The van der Waals surface area contributed by atoms with Gasteiger partial charge in [-0.2, -0.15) is 5.26 Å². The lowest BCUT2D eigenvalue weighted by Gasteiger charge is -2.09.